The lowest BCUT2D eigenvalue weighted by atomic mass is 9.92. The molecule has 1 heterocycles. The van der Waals surface area contributed by atoms with E-state index in [4.69, 9.17) is 5.11 Å². The molecule has 0 saturated carbocycles. The first-order valence-electron chi connectivity index (χ1n) is 4.54. The summed E-state index contributed by atoms with van der Waals surface area (Å²) in [4.78, 5) is 10.5. The molecule has 0 aromatic heterocycles. The summed E-state index contributed by atoms with van der Waals surface area (Å²) in [5, 5.41) is 14.7. The van der Waals surface area contributed by atoms with Crippen LogP contribution >= 0.6 is 0 Å². The standard InChI is InChI=1S/C10H12N2O2/c1-12-9-3-2-7(5-10(13)14)4-8(9)6-11-12/h2-4,6,8-9H,5H2,1H3,(H,13,14). The van der Waals surface area contributed by atoms with Gasteiger partial charge in [0.05, 0.1) is 12.5 Å². The van der Waals surface area contributed by atoms with Crippen LogP contribution in [0.2, 0.25) is 0 Å². The third kappa shape index (κ3) is 1.55. The van der Waals surface area contributed by atoms with Gasteiger partial charge in [-0.15, -0.1) is 0 Å². The monoisotopic (exact) mass is 192 g/mol. The SMILES string of the molecule is CN1N=CC2C=C(CC(=O)O)C=CC21. The van der Waals surface area contributed by atoms with E-state index in [-0.39, 0.29) is 18.4 Å². The summed E-state index contributed by atoms with van der Waals surface area (Å²) >= 11 is 0. The van der Waals surface area contributed by atoms with Crippen molar-refractivity contribution in [2.24, 2.45) is 11.0 Å². The molecule has 2 aliphatic rings. The molecule has 0 amide bonds. The Balaban J connectivity index is 2.12. The van der Waals surface area contributed by atoms with Gasteiger partial charge in [0.1, 0.15) is 0 Å². The third-order valence-electron chi connectivity index (χ3n) is 2.52. The molecule has 0 aromatic carbocycles. The first-order valence-corrected chi connectivity index (χ1v) is 4.54. The topological polar surface area (TPSA) is 52.9 Å². The molecule has 0 saturated heterocycles. The number of hydrazone groups is 1. The Labute approximate surface area is 82.2 Å². The smallest absolute Gasteiger partial charge is 0.307 e. The molecule has 0 bridgehead atoms. The number of hydrogen-bond donors (Lipinski definition) is 1. The van der Waals surface area contributed by atoms with Crippen molar-refractivity contribution >= 4 is 12.2 Å². The van der Waals surface area contributed by atoms with Crippen LogP contribution in [0.5, 0.6) is 0 Å². The second kappa shape index (κ2) is 3.29. The van der Waals surface area contributed by atoms with Crippen molar-refractivity contribution in [1.82, 2.24) is 5.01 Å². The van der Waals surface area contributed by atoms with Gasteiger partial charge < -0.3 is 5.11 Å². The summed E-state index contributed by atoms with van der Waals surface area (Å²) in [6.45, 7) is 0. The normalized spacial score (nSPS) is 28.9. The van der Waals surface area contributed by atoms with Crippen molar-refractivity contribution in [3.05, 3.63) is 23.8 Å². The Morgan fingerprint density at radius 1 is 1.71 bits per heavy atom. The number of fused-ring (bicyclic) bond motifs is 1. The van der Waals surface area contributed by atoms with E-state index in [0.29, 0.717) is 0 Å². The Kier molecular flexibility index (Phi) is 2.11. The predicted molar refractivity (Wildman–Crippen MR) is 53.0 cm³/mol. The first-order chi connectivity index (χ1) is 6.66. The van der Waals surface area contributed by atoms with E-state index in [9.17, 15) is 4.79 Å². The van der Waals surface area contributed by atoms with Gasteiger partial charge in [0, 0.05) is 19.2 Å². The van der Waals surface area contributed by atoms with Crippen LogP contribution in [-0.2, 0) is 4.79 Å². The molecular formula is C10H12N2O2. The van der Waals surface area contributed by atoms with Crippen LogP contribution in [0, 0.1) is 5.92 Å². The average molecular weight is 192 g/mol. The van der Waals surface area contributed by atoms with Gasteiger partial charge in [-0.3, -0.25) is 9.80 Å². The van der Waals surface area contributed by atoms with Gasteiger partial charge in [-0.1, -0.05) is 18.2 Å². The fraction of sp³-hybridized carbons (Fsp3) is 0.400. The molecule has 74 valence electrons. The summed E-state index contributed by atoms with van der Waals surface area (Å²) < 4.78 is 0. The maximum absolute atomic E-state index is 10.5. The number of likely N-dealkylation sites (N-methyl/N-ethyl adjacent to an activating group) is 1. The fourth-order valence-corrected chi connectivity index (χ4v) is 1.81. The zero-order valence-electron chi connectivity index (χ0n) is 7.92. The fourth-order valence-electron chi connectivity index (χ4n) is 1.81. The van der Waals surface area contributed by atoms with Crippen LogP contribution < -0.4 is 0 Å². The van der Waals surface area contributed by atoms with Crippen molar-refractivity contribution in [3.8, 4) is 0 Å². The van der Waals surface area contributed by atoms with E-state index in [1.165, 1.54) is 0 Å². The van der Waals surface area contributed by atoms with E-state index in [0.717, 1.165) is 5.57 Å². The molecule has 0 aromatic rings. The highest BCUT2D eigenvalue weighted by molar-refractivity contribution is 5.73. The van der Waals surface area contributed by atoms with E-state index < -0.39 is 5.97 Å². The Morgan fingerprint density at radius 2 is 2.50 bits per heavy atom. The van der Waals surface area contributed by atoms with Crippen LogP contribution in [0.1, 0.15) is 6.42 Å². The van der Waals surface area contributed by atoms with Crippen molar-refractivity contribution in [2.75, 3.05) is 7.05 Å². The minimum Gasteiger partial charge on any atom is -0.481 e. The summed E-state index contributed by atoms with van der Waals surface area (Å²) in [6, 6.07) is 0.271. The number of carboxylic acids is 1. The molecule has 2 atom stereocenters. The number of nitrogens with zero attached hydrogens (tertiary/aromatic N) is 2. The maximum atomic E-state index is 10.5. The second-order valence-electron chi connectivity index (χ2n) is 3.58. The van der Waals surface area contributed by atoms with Crippen molar-refractivity contribution in [3.63, 3.8) is 0 Å². The molecular weight excluding hydrogens is 180 g/mol. The lowest BCUT2D eigenvalue weighted by Gasteiger charge is -2.22. The zero-order valence-corrected chi connectivity index (χ0v) is 7.92. The minimum atomic E-state index is -0.789. The van der Waals surface area contributed by atoms with Gasteiger partial charge in [0.2, 0.25) is 0 Å². The van der Waals surface area contributed by atoms with Crippen LogP contribution in [0.4, 0.5) is 0 Å². The van der Waals surface area contributed by atoms with Crippen LogP contribution in [-0.4, -0.2) is 35.4 Å². The molecule has 1 aliphatic carbocycles. The van der Waals surface area contributed by atoms with Gasteiger partial charge in [-0.05, 0) is 5.57 Å². The zero-order chi connectivity index (χ0) is 10.1. The number of aliphatic carboxylic acids is 1. The first kappa shape index (κ1) is 8.99. The Hall–Kier alpha value is -1.58. The molecule has 4 heteroatoms. The van der Waals surface area contributed by atoms with Gasteiger partial charge in [0.15, 0.2) is 0 Å². The molecule has 0 radical (unpaired) electrons. The number of carbonyl (C=O) groups is 1. The largest absolute Gasteiger partial charge is 0.481 e. The molecule has 2 unspecified atom stereocenters. The second-order valence-corrected chi connectivity index (χ2v) is 3.58. The average Bonchev–Trinajstić information content (AvgIpc) is 2.46. The molecule has 14 heavy (non-hydrogen) atoms. The van der Waals surface area contributed by atoms with E-state index in [1.807, 2.05) is 36.5 Å². The summed E-state index contributed by atoms with van der Waals surface area (Å²) in [5.74, 6) is -0.554. The van der Waals surface area contributed by atoms with E-state index >= 15 is 0 Å². The summed E-state index contributed by atoms with van der Waals surface area (Å²) in [7, 11) is 1.92. The van der Waals surface area contributed by atoms with Crippen LogP contribution in [0.25, 0.3) is 0 Å². The van der Waals surface area contributed by atoms with Gasteiger partial charge >= 0.3 is 5.97 Å². The number of rotatable bonds is 2. The quantitative estimate of drug-likeness (QED) is 0.706. The summed E-state index contributed by atoms with van der Waals surface area (Å²) in [6.07, 6.45) is 7.81. The van der Waals surface area contributed by atoms with Crippen LogP contribution in [0.3, 0.4) is 0 Å². The minimum absolute atomic E-state index is 0.0945. The molecule has 1 aliphatic heterocycles. The predicted octanol–water partition coefficient (Wildman–Crippen LogP) is 0.873. The summed E-state index contributed by atoms with van der Waals surface area (Å²) in [5.41, 5.74) is 0.862. The third-order valence-corrected chi connectivity index (χ3v) is 2.52. The van der Waals surface area contributed by atoms with Gasteiger partial charge in [-0.2, -0.15) is 5.10 Å². The maximum Gasteiger partial charge on any atom is 0.307 e. The highest BCUT2D eigenvalue weighted by Crippen LogP contribution is 2.25. The van der Waals surface area contributed by atoms with E-state index in [2.05, 4.69) is 5.10 Å². The highest BCUT2D eigenvalue weighted by Gasteiger charge is 2.27. The molecule has 0 fully saturated rings. The van der Waals surface area contributed by atoms with Gasteiger partial charge in [-0.25, -0.2) is 0 Å². The highest BCUT2D eigenvalue weighted by atomic mass is 16.4. The Morgan fingerprint density at radius 3 is 3.21 bits per heavy atom. The number of carboxylic acid groups (broad SMARTS) is 1. The molecule has 4 nitrogen and oxygen atoms in total. The van der Waals surface area contributed by atoms with Gasteiger partial charge in [0.25, 0.3) is 0 Å². The van der Waals surface area contributed by atoms with Crippen molar-refractivity contribution in [1.29, 1.82) is 0 Å². The lowest BCUT2D eigenvalue weighted by molar-refractivity contribution is -0.136. The lowest BCUT2D eigenvalue weighted by Crippen LogP contribution is -2.28. The van der Waals surface area contributed by atoms with Crippen LogP contribution in [0.15, 0.2) is 28.9 Å². The van der Waals surface area contributed by atoms with E-state index in [1.54, 1.807) is 0 Å². The van der Waals surface area contributed by atoms with Crippen molar-refractivity contribution < 1.29 is 9.90 Å². The Bertz CT molecular complexity index is 344. The number of allylic oxidation sites excluding steroid dienone is 1. The molecule has 2 rings (SSSR count). The number of hydrogen-bond acceptors (Lipinski definition) is 3. The van der Waals surface area contributed by atoms with Crippen molar-refractivity contribution in [2.45, 2.75) is 12.5 Å². The molecule has 0 spiro atoms. The molecule has 1 N–H and O–H groups in total.